The zero-order valence-electron chi connectivity index (χ0n) is 30.6. The molecule has 2 aliphatic rings. The number of hydrogen-bond acceptors (Lipinski definition) is 5. The summed E-state index contributed by atoms with van der Waals surface area (Å²) >= 11 is 1.80. The van der Waals surface area contributed by atoms with Crippen molar-refractivity contribution in [2.75, 3.05) is 0 Å². The van der Waals surface area contributed by atoms with Crippen molar-refractivity contribution in [2.45, 2.75) is 12.0 Å². The average Bonchev–Trinajstić information content (AvgIpc) is 3.96. The molecule has 2 atom stereocenters. The van der Waals surface area contributed by atoms with Crippen molar-refractivity contribution in [3.05, 3.63) is 193 Å². The van der Waals surface area contributed by atoms with Crippen LogP contribution in [0.4, 0.5) is 0 Å². The van der Waals surface area contributed by atoms with Crippen LogP contribution in [0.5, 0.6) is 5.75 Å². The highest BCUT2D eigenvalue weighted by atomic mass is 32.1. The molecule has 0 amide bonds. The van der Waals surface area contributed by atoms with Gasteiger partial charge in [0.25, 0.3) is 0 Å². The Morgan fingerprint density at radius 3 is 2.02 bits per heavy atom. The molecule has 0 N–H and O–H groups in total. The Kier molecular flexibility index (Phi) is 7.16. The Morgan fingerprint density at radius 1 is 0.526 bits per heavy atom. The van der Waals surface area contributed by atoms with Gasteiger partial charge in [-0.05, 0) is 65.7 Å². The first kappa shape index (κ1) is 32.1. The Balaban J connectivity index is 0.998. The van der Waals surface area contributed by atoms with E-state index in [4.69, 9.17) is 19.7 Å². The molecule has 4 heterocycles. The standard InChI is InChI=1S/C51H32N4OS/c1-3-12-31(13-4-1)32-22-24-33(25-23-32)49-52-50(54-51(53-49)39-18-11-21-45-46(39)38-17-8-10-20-44(38)57-45)34-26-29-43-40(30-34)36-27-28-42-47(48(36)56-43)37-16-7-9-19-41(37)55(42)35-14-5-2-6-15-35/h1-30,36,48H. The lowest BCUT2D eigenvalue weighted by Gasteiger charge is -2.22. The summed E-state index contributed by atoms with van der Waals surface area (Å²) in [6.45, 7) is 0. The lowest BCUT2D eigenvalue weighted by atomic mass is 9.85. The van der Waals surface area contributed by atoms with Gasteiger partial charge in [0, 0.05) is 65.0 Å². The molecular formula is C51H32N4OS. The Labute approximate surface area is 332 Å². The van der Waals surface area contributed by atoms with Gasteiger partial charge in [-0.25, -0.2) is 15.0 Å². The van der Waals surface area contributed by atoms with Gasteiger partial charge in [0.05, 0.1) is 11.2 Å². The largest absolute Gasteiger partial charge is 0.484 e. The van der Waals surface area contributed by atoms with E-state index in [9.17, 15) is 0 Å². The highest BCUT2D eigenvalue weighted by Gasteiger charge is 2.40. The molecule has 0 radical (unpaired) electrons. The molecule has 3 aromatic heterocycles. The summed E-state index contributed by atoms with van der Waals surface area (Å²) in [4.78, 5) is 15.7. The van der Waals surface area contributed by atoms with Crippen molar-refractivity contribution in [2.24, 2.45) is 0 Å². The summed E-state index contributed by atoms with van der Waals surface area (Å²) in [5.74, 6) is 2.85. The van der Waals surface area contributed by atoms with Crippen LogP contribution in [0.2, 0.25) is 0 Å². The van der Waals surface area contributed by atoms with Crippen LogP contribution in [0.15, 0.2) is 176 Å². The predicted molar refractivity (Wildman–Crippen MR) is 233 cm³/mol. The fraction of sp³-hybridized carbons (Fsp3) is 0.0392. The fourth-order valence-corrected chi connectivity index (χ4v) is 9.96. The van der Waals surface area contributed by atoms with Crippen molar-refractivity contribution >= 4 is 48.5 Å². The molecule has 0 saturated heterocycles. The molecule has 0 fully saturated rings. The van der Waals surface area contributed by atoms with E-state index in [1.807, 2.05) is 6.07 Å². The van der Waals surface area contributed by atoms with Crippen LogP contribution >= 0.6 is 11.3 Å². The molecule has 10 aromatic rings. The maximum atomic E-state index is 6.88. The third-order valence-corrected chi connectivity index (χ3v) is 12.6. The molecular weight excluding hydrogens is 717 g/mol. The van der Waals surface area contributed by atoms with E-state index in [2.05, 4.69) is 181 Å². The highest BCUT2D eigenvalue weighted by molar-refractivity contribution is 7.25. The number of para-hydroxylation sites is 2. The fourth-order valence-electron chi connectivity index (χ4n) is 8.83. The number of fused-ring (bicyclic) bond motifs is 10. The summed E-state index contributed by atoms with van der Waals surface area (Å²) in [5.41, 5.74) is 11.0. The maximum absolute atomic E-state index is 6.88. The van der Waals surface area contributed by atoms with E-state index in [0.717, 1.165) is 44.9 Å². The summed E-state index contributed by atoms with van der Waals surface area (Å²) in [6.07, 6.45) is 4.43. The van der Waals surface area contributed by atoms with Gasteiger partial charge >= 0.3 is 0 Å². The SMILES string of the molecule is C1=CC2c3cc(-c4nc(-c5ccc(-c6ccccc6)cc5)nc(-c5cccc6sc7ccccc7c56)n4)ccc3OC2c2c1n(-c1ccccc1)c1ccccc21. The minimum atomic E-state index is -0.151. The molecule has 7 aromatic carbocycles. The van der Waals surface area contributed by atoms with Crippen LogP contribution in [-0.4, -0.2) is 19.5 Å². The molecule has 1 aliphatic carbocycles. The topological polar surface area (TPSA) is 52.8 Å². The highest BCUT2D eigenvalue weighted by Crippen LogP contribution is 2.53. The van der Waals surface area contributed by atoms with Gasteiger partial charge in [0.1, 0.15) is 11.9 Å². The van der Waals surface area contributed by atoms with Crippen LogP contribution in [0.25, 0.3) is 88.1 Å². The van der Waals surface area contributed by atoms with E-state index in [-0.39, 0.29) is 12.0 Å². The van der Waals surface area contributed by atoms with Crippen molar-refractivity contribution in [3.8, 4) is 56.7 Å². The second kappa shape index (κ2) is 12.7. The van der Waals surface area contributed by atoms with Crippen molar-refractivity contribution in [1.29, 1.82) is 0 Å². The number of ether oxygens (including phenoxy) is 1. The first-order valence-electron chi connectivity index (χ1n) is 19.3. The van der Waals surface area contributed by atoms with Gasteiger partial charge < -0.3 is 9.30 Å². The second-order valence-corrected chi connectivity index (χ2v) is 15.8. The monoisotopic (exact) mass is 748 g/mol. The number of thiophene rings is 1. The average molecular weight is 749 g/mol. The molecule has 0 bridgehead atoms. The first-order valence-corrected chi connectivity index (χ1v) is 20.1. The van der Waals surface area contributed by atoms with Crippen molar-refractivity contribution in [1.82, 2.24) is 19.5 Å². The minimum Gasteiger partial charge on any atom is -0.484 e. The molecule has 0 spiro atoms. The molecule has 12 rings (SSSR count). The second-order valence-electron chi connectivity index (χ2n) is 14.7. The zero-order valence-corrected chi connectivity index (χ0v) is 31.4. The van der Waals surface area contributed by atoms with E-state index >= 15 is 0 Å². The van der Waals surface area contributed by atoms with Crippen LogP contribution in [0, 0.1) is 0 Å². The van der Waals surface area contributed by atoms with Crippen molar-refractivity contribution < 1.29 is 4.74 Å². The molecule has 268 valence electrons. The van der Waals surface area contributed by atoms with E-state index in [1.54, 1.807) is 11.3 Å². The minimum absolute atomic E-state index is 0.0414. The number of aromatic nitrogens is 4. The molecule has 2 unspecified atom stereocenters. The lowest BCUT2D eigenvalue weighted by Crippen LogP contribution is -2.13. The number of benzene rings is 7. The zero-order chi connectivity index (χ0) is 37.5. The van der Waals surface area contributed by atoms with Gasteiger partial charge in [-0.2, -0.15) is 0 Å². The van der Waals surface area contributed by atoms with Gasteiger partial charge in [-0.15, -0.1) is 11.3 Å². The molecule has 5 nitrogen and oxygen atoms in total. The third-order valence-electron chi connectivity index (χ3n) is 11.4. The van der Waals surface area contributed by atoms with Crippen LogP contribution < -0.4 is 4.74 Å². The van der Waals surface area contributed by atoms with Crippen molar-refractivity contribution in [3.63, 3.8) is 0 Å². The smallest absolute Gasteiger partial charge is 0.164 e. The van der Waals surface area contributed by atoms with Crippen LogP contribution in [-0.2, 0) is 0 Å². The Bertz CT molecular complexity index is 3220. The lowest BCUT2D eigenvalue weighted by molar-refractivity contribution is 0.224. The van der Waals surface area contributed by atoms with Gasteiger partial charge in [0.15, 0.2) is 17.5 Å². The van der Waals surface area contributed by atoms with Gasteiger partial charge in [-0.1, -0.05) is 127 Å². The molecule has 57 heavy (non-hydrogen) atoms. The Hall–Kier alpha value is -7.15. The number of nitrogens with zero attached hydrogens (tertiary/aromatic N) is 4. The van der Waals surface area contributed by atoms with E-state index < -0.39 is 0 Å². The van der Waals surface area contributed by atoms with E-state index in [1.165, 1.54) is 42.2 Å². The normalized spacial score (nSPS) is 15.4. The molecule has 1 aliphatic heterocycles. The molecule has 6 heteroatoms. The van der Waals surface area contributed by atoms with Crippen LogP contribution in [0.1, 0.15) is 28.8 Å². The maximum Gasteiger partial charge on any atom is 0.164 e. The summed E-state index contributed by atoms with van der Waals surface area (Å²) in [7, 11) is 0. The number of hydrogen-bond donors (Lipinski definition) is 0. The number of rotatable bonds is 5. The van der Waals surface area contributed by atoms with Gasteiger partial charge in [-0.3, -0.25) is 0 Å². The van der Waals surface area contributed by atoms with Crippen LogP contribution in [0.3, 0.4) is 0 Å². The first-order chi connectivity index (χ1) is 28.2. The van der Waals surface area contributed by atoms with E-state index in [0.29, 0.717) is 17.5 Å². The summed E-state index contributed by atoms with van der Waals surface area (Å²) < 4.78 is 11.7. The van der Waals surface area contributed by atoms with Gasteiger partial charge in [0.2, 0.25) is 0 Å². The summed E-state index contributed by atoms with van der Waals surface area (Å²) in [6, 6.07) is 59.6. The quantitative estimate of drug-likeness (QED) is 0.176. The predicted octanol–water partition coefficient (Wildman–Crippen LogP) is 13.1. The summed E-state index contributed by atoms with van der Waals surface area (Å²) in [5, 5.41) is 3.59. The third kappa shape index (κ3) is 5.11. The Morgan fingerprint density at radius 2 is 1.18 bits per heavy atom. The molecule has 0 saturated carbocycles.